The lowest BCUT2D eigenvalue weighted by atomic mass is 10.0. The van der Waals surface area contributed by atoms with Crippen LogP contribution in [0.4, 0.5) is 5.82 Å². The quantitative estimate of drug-likeness (QED) is 0.867. The number of hydrogen-bond donors (Lipinski definition) is 1. The van der Waals surface area contributed by atoms with E-state index in [0.29, 0.717) is 6.04 Å². The maximum Gasteiger partial charge on any atom is 0.171 e. The molecule has 1 saturated heterocycles. The third-order valence-electron chi connectivity index (χ3n) is 3.65. The molecule has 1 fully saturated rings. The first-order valence-corrected chi connectivity index (χ1v) is 7.80. The zero-order valence-electron chi connectivity index (χ0n) is 12.9. The van der Waals surface area contributed by atoms with Gasteiger partial charge in [-0.25, -0.2) is 4.98 Å². The molecule has 4 heteroatoms. The predicted molar refractivity (Wildman–Crippen MR) is 83.5 cm³/mol. The molecule has 1 N–H and O–H groups in total. The van der Waals surface area contributed by atoms with E-state index in [0.717, 1.165) is 31.2 Å². The number of likely N-dealkylation sites (N-methyl/N-ethyl adjacent to an activating group) is 1. The molecule has 0 radical (unpaired) electrons. The normalized spacial score (nSPS) is 19.1. The number of nitrogens with one attached hydrogen (secondary N) is 1. The average Bonchev–Trinajstić information content (AvgIpc) is 2.46. The molecule has 1 atom stereocenters. The second kappa shape index (κ2) is 7.48. The van der Waals surface area contributed by atoms with E-state index in [1.165, 1.54) is 19.3 Å². The lowest BCUT2D eigenvalue weighted by Gasteiger charge is -2.31. The van der Waals surface area contributed by atoms with Gasteiger partial charge < -0.3 is 15.0 Å². The molecule has 1 aromatic heterocycles. The Balaban J connectivity index is 2.09. The minimum Gasteiger partial charge on any atom is -0.487 e. The Labute approximate surface area is 122 Å². The van der Waals surface area contributed by atoms with Gasteiger partial charge >= 0.3 is 0 Å². The van der Waals surface area contributed by atoms with E-state index >= 15 is 0 Å². The highest BCUT2D eigenvalue weighted by Crippen LogP contribution is 2.26. The van der Waals surface area contributed by atoms with Crippen LogP contribution in [0.2, 0.25) is 0 Å². The van der Waals surface area contributed by atoms with Crippen LogP contribution in [0, 0.1) is 0 Å². The summed E-state index contributed by atoms with van der Waals surface area (Å²) >= 11 is 0. The first kappa shape index (κ1) is 15.1. The van der Waals surface area contributed by atoms with Crippen LogP contribution in [0.25, 0.3) is 0 Å². The smallest absolute Gasteiger partial charge is 0.171 e. The molecule has 1 aromatic rings. The molecular weight excluding hydrogens is 250 g/mol. The van der Waals surface area contributed by atoms with Crippen LogP contribution >= 0.6 is 0 Å². The molecule has 0 aromatic carbocycles. The summed E-state index contributed by atoms with van der Waals surface area (Å²) in [4.78, 5) is 6.86. The summed E-state index contributed by atoms with van der Waals surface area (Å²) in [6.45, 7) is 9.37. The van der Waals surface area contributed by atoms with Crippen molar-refractivity contribution in [2.24, 2.45) is 0 Å². The highest BCUT2D eigenvalue weighted by molar-refractivity contribution is 5.52. The maximum absolute atomic E-state index is 5.89. The van der Waals surface area contributed by atoms with Crippen LogP contribution < -0.4 is 15.0 Å². The van der Waals surface area contributed by atoms with Crippen LogP contribution in [0.3, 0.4) is 0 Å². The predicted octanol–water partition coefficient (Wildman–Crippen LogP) is 2.84. The molecule has 0 aliphatic carbocycles. The molecule has 4 nitrogen and oxygen atoms in total. The van der Waals surface area contributed by atoms with Crippen molar-refractivity contribution in [3.05, 3.63) is 18.3 Å². The van der Waals surface area contributed by atoms with Gasteiger partial charge in [0.05, 0.1) is 6.10 Å². The van der Waals surface area contributed by atoms with Gasteiger partial charge in [-0.15, -0.1) is 0 Å². The number of anilines is 1. The number of nitrogens with zero attached hydrogens (tertiary/aromatic N) is 2. The first-order chi connectivity index (χ1) is 9.70. The summed E-state index contributed by atoms with van der Waals surface area (Å²) in [5.74, 6) is 1.86. The highest BCUT2D eigenvalue weighted by atomic mass is 16.5. The molecule has 0 bridgehead atoms. The lowest BCUT2D eigenvalue weighted by Crippen LogP contribution is -2.44. The first-order valence-electron chi connectivity index (χ1n) is 7.80. The minimum absolute atomic E-state index is 0.171. The second-order valence-corrected chi connectivity index (χ2v) is 5.68. The van der Waals surface area contributed by atoms with Crippen molar-refractivity contribution in [3.63, 3.8) is 0 Å². The van der Waals surface area contributed by atoms with Gasteiger partial charge in [-0.05, 0) is 52.3 Å². The van der Waals surface area contributed by atoms with Crippen molar-refractivity contribution in [2.45, 2.75) is 52.2 Å². The molecular formula is C16H27N3O. The standard InChI is InChI=1S/C16H27N3O/c1-4-19(12-14-8-5-6-10-17-14)16-15(20-13(2)3)9-7-11-18-16/h7,9,11,13-14,17H,4-6,8,10,12H2,1-3H3. The van der Waals surface area contributed by atoms with Gasteiger partial charge in [0.25, 0.3) is 0 Å². The summed E-state index contributed by atoms with van der Waals surface area (Å²) in [6.07, 6.45) is 5.90. The summed E-state index contributed by atoms with van der Waals surface area (Å²) in [5, 5.41) is 3.60. The summed E-state index contributed by atoms with van der Waals surface area (Å²) in [5.41, 5.74) is 0. The van der Waals surface area contributed by atoms with Crippen molar-refractivity contribution in [2.75, 3.05) is 24.5 Å². The van der Waals surface area contributed by atoms with E-state index in [1.54, 1.807) is 0 Å². The monoisotopic (exact) mass is 277 g/mol. The van der Waals surface area contributed by atoms with Gasteiger partial charge in [0, 0.05) is 25.3 Å². The van der Waals surface area contributed by atoms with Crippen molar-refractivity contribution >= 4 is 5.82 Å². The molecule has 2 rings (SSSR count). The van der Waals surface area contributed by atoms with E-state index in [4.69, 9.17) is 4.74 Å². The third-order valence-corrected chi connectivity index (χ3v) is 3.65. The van der Waals surface area contributed by atoms with Gasteiger partial charge in [0.2, 0.25) is 0 Å². The molecule has 20 heavy (non-hydrogen) atoms. The number of piperidine rings is 1. The van der Waals surface area contributed by atoms with E-state index < -0.39 is 0 Å². The topological polar surface area (TPSA) is 37.4 Å². The Bertz CT molecular complexity index is 402. The fraction of sp³-hybridized carbons (Fsp3) is 0.688. The summed E-state index contributed by atoms with van der Waals surface area (Å²) in [7, 11) is 0. The Kier molecular flexibility index (Phi) is 5.65. The van der Waals surface area contributed by atoms with Gasteiger partial charge in [0.1, 0.15) is 0 Å². The number of ether oxygens (including phenoxy) is 1. The van der Waals surface area contributed by atoms with Crippen LogP contribution in [0.5, 0.6) is 5.75 Å². The van der Waals surface area contributed by atoms with Crippen molar-refractivity contribution in [3.8, 4) is 5.75 Å². The van der Waals surface area contributed by atoms with Crippen LogP contribution in [0.1, 0.15) is 40.0 Å². The number of pyridine rings is 1. The van der Waals surface area contributed by atoms with E-state index in [1.807, 2.05) is 18.3 Å². The summed E-state index contributed by atoms with van der Waals surface area (Å²) in [6, 6.07) is 4.52. The second-order valence-electron chi connectivity index (χ2n) is 5.68. The highest BCUT2D eigenvalue weighted by Gasteiger charge is 2.19. The minimum atomic E-state index is 0.171. The van der Waals surface area contributed by atoms with Crippen molar-refractivity contribution < 1.29 is 4.74 Å². The zero-order chi connectivity index (χ0) is 14.4. The molecule has 2 heterocycles. The van der Waals surface area contributed by atoms with Gasteiger partial charge in [-0.3, -0.25) is 0 Å². The van der Waals surface area contributed by atoms with Gasteiger partial charge in [-0.1, -0.05) is 6.42 Å². The van der Waals surface area contributed by atoms with Crippen LogP contribution in [0.15, 0.2) is 18.3 Å². The maximum atomic E-state index is 5.89. The number of rotatable bonds is 6. The van der Waals surface area contributed by atoms with Crippen LogP contribution in [-0.4, -0.2) is 36.8 Å². The van der Waals surface area contributed by atoms with E-state index in [9.17, 15) is 0 Å². The molecule has 1 aliphatic heterocycles. The zero-order valence-corrected chi connectivity index (χ0v) is 12.9. The van der Waals surface area contributed by atoms with Crippen LogP contribution in [-0.2, 0) is 0 Å². The Morgan fingerprint density at radius 3 is 2.95 bits per heavy atom. The molecule has 0 amide bonds. The lowest BCUT2D eigenvalue weighted by molar-refractivity contribution is 0.241. The molecule has 1 unspecified atom stereocenters. The van der Waals surface area contributed by atoms with E-state index in [2.05, 4.69) is 36.0 Å². The third kappa shape index (κ3) is 4.10. The van der Waals surface area contributed by atoms with Crippen molar-refractivity contribution in [1.82, 2.24) is 10.3 Å². The molecule has 1 aliphatic rings. The molecule has 0 saturated carbocycles. The summed E-state index contributed by atoms with van der Waals surface area (Å²) < 4.78 is 5.89. The molecule has 112 valence electrons. The van der Waals surface area contributed by atoms with Gasteiger partial charge in [-0.2, -0.15) is 0 Å². The Morgan fingerprint density at radius 2 is 2.30 bits per heavy atom. The fourth-order valence-corrected chi connectivity index (χ4v) is 2.68. The largest absolute Gasteiger partial charge is 0.487 e. The fourth-order valence-electron chi connectivity index (χ4n) is 2.68. The Morgan fingerprint density at radius 1 is 1.45 bits per heavy atom. The van der Waals surface area contributed by atoms with Gasteiger partial charge in [0.15, 0.2) is 11.6 Å². The SMILES string of the molecule is CCN(CC1CCCCN1)c1ncccc1OC(C)C. The average molecular weight is 277 g/mol. The van der Waals surface area contributed by atoms with E-state index in [-0.39, 0.29) is 6.10 Å². The Hall–Kier alpha value is -1.29. The molecule has 0 spiro atoms. The number of aromatic nitrogens is 1. The number of hydrogen-bond acceptors (Lipinski definition) is 4. The van der Waals surface area contributed by atoms with Crippen molar-refractivity contribution in [1.29, 1.82) is 0 Å².